The lowest BCUT2D eigenvalue weighted by Crippen LogP contribution is -2.08. The van der Waals surface area contributed by atoms with Gasteiger partial charge in [-0.15, -0.1) is 0 Å². The van der Waals surface area contributed by atoms with E-state index in [1.165, 1.54) is 17.7 Å². The number of nitrogens with zero attached hydrogens (tertiary/aromatic N) is 1. The molecule has 0 saturated heterocycles. The molecule has 1 heterocycles. The summed E-state index contributed by atoms with van der Waals surface area (Å²) in [4.78, 5) is 16.2. The van der Waals surface area contributed by atoms with E-state index in [0.717, 1.165) is 18.2 Å². The first-order valence-corrected chi connectivity index (χ1v) is 8.89. The molecular formula is C21H22FNO3. The molecule has 0 radical (unpaired) electrons. The van der Waals surface area contributed by atoms with Gasteiger partial charge in [0.05, 0.1) is 17.5 Å². The number of aromatic nitrogens is 1. The second-order valence-corrected chi connectivity index (χ2v) is 6.36. The van der Waals surface area contributed by atoms with E-state index in [-0.39, 0.29) is 5.39 Å². The van der Waals surface area contributed by atoms with Gasteiger partial charge >= 0.3 is 5.63 Å². The van der Waals surface area contributed by atoms with Crippen LogP contribution in [0.15, 0.2) is 51.7 Å². The van der Waals surface area contributed by atoms with Crippen molar-refractivity contribution in [3.8, 4) is 5.75 Å². The fourth-order valence-electron chi connectivity index (χ4n) is 2.84. The Morgan fingerprint density at radius 1 is 1.23 bits per heavy atom. The third-order valence-corrected chi connectivity index (χ3v) is 4.49. The average molecular weight is 355 g/mol. The van der Waals surface area contributed by atoms with Gasteiger partial charge in [0.2, 0.25) is 0 Å². The molecule has 2 aromatic carbocycles. The predicted molar refractivity (Wildman–Crippen MR) is 99.2 cm³/mol. The minimum Gasteiger partial charge on any atom is -0.493 e. The highest BCUT2D eigenvalue weighted by Crippen LogP contribution is 2.28. The molecule has 5 heteroatoms. The largest absolute Gasteiger partial charge is 0.493 e. The Kier molecular flexibility index (Phi) is 5.66. The summed E-state index contributed by atoms with van der Waals surface area (Å²) in [5, 5.41) is 0.160. The summed E-state index contributed by atoms with van der Waals surface area (Å²) in [6.07, 6.45) is 2.19. The lowest BCUT2D eigenvalue weighted by molar-refractivity contribution is 0.298. The van der Waals surface area contributed by atoms with E-state index >= 15 is 0 Å². The molecule has 26 heavy (non-hydrogen) atoms. The van der Waals surface area contributed by atoms with Gasteiger partial charge in [-0.2, -0.15) is 0 Å². The maximum atomic E-state index is 13.2. The van der Waals surface area contributed by atoms with Crippen LogP contribution in [0.2, 0.25) is 0 Å². The zero-order valence-corrected chi connectivity index (χ0v) is 15.0. The van der Waals surface area contributed by atoms with Crippen molar-refractivity contribution in [2.45, 2.75) is 39.0 Å². The van der Waals surface area contributed by atoms with Gasteiger partial charge in [0.1, 0.15) is 11.6 Å². The van der Waals surface area contributed by atoms with E-state index in [2.05, 4.69) is 24.9 Å². The molecule has 1 unspecified atom stereocenters. The van der Waals surface area contributed by atoms with Crippen LogP contribution in [0.5, 0.6) is 5.75 Å². The Morgan fingerprint density at radius 3 is 2.85 bits per heavy atom. The van der Waals surface area contributed by atoms with E-state index in [4.69, 9.17) is 9.15 Å². The molecule has 1 atom stereocenters. The molecule has 0 amide bonds. The van der Waals surface area contributed by atoms with Crippen LogP contribution >= 0.6 is 0 Å². The summed E-state index contributed by atoms with van der Waals surface area (Å²) in [5.41, 5.74) is 1.08. The lowest BCUT2D eigenvalue weighted by atomic mass is 9.98. The Morgan fingerprint density at radius 2 is 2.04 bits per heavy atom. The second kappa shape index (κ2) is 8.13. The van der Waals surface area contributed by atoms with Gasteiger partial charge in [-0.1, -0.05) is 32.0 Å². The Labute approximate surface area is 151 Å². The molecule has 0 aliphatic rings. The summed E-state index contributed by atoms with van der Waals surface area (Å²) >= 11 is 0. The zero-order valence-electron chi connectivity index (χ0n) is 15.0. The molecule has 0 aliphatic carbocycles. The van der Waals surface area contributed by atoms with E-state index in [0.29, 0.717) is 36.8 Å². The van der Waals surface area contributed by atoms with Crippen LogP contribution in [-0.4, -0.2) is 11.6 Å². The highest BCUT2D eigenvalue weighted by Gasteiger charge is 2.10. The molecule has 0 N–H and O–H groups in total. The lowest BCUT2D eigenvalue weighted by Gasteiger charge is -2.15. The summed E-state index contributed by atoms with van der Waals surface area (Å²) in [7, 11) is 0. The molecule has 1 aromatic heterocycles. The number of ether oxygens (including phenoxy) is 1. The third-order valence-electron chi connectivity index (χ3n) is 4.49. The van der Waals surface area contributed by atoms with Crippen LogP contribution in [0.1, 0.15) is 44.1 Å². The standard InChI is InChI=1S/C21H22FNO3/c1-3-14(2)16-7-4-5-8-19(16)25-12-6-9-20-23-18-11-10-15(22)13-17(18)21(24)26-20/h4-5,7-8,10-11,13-14H,3,6,9,12H2,1-2H3. The quantitative estimate of drug-likeness (QED) is 0.568. The molecule has 3 rings (SSSR count). The highest BCUT2D eigenvalue weighted by molar-refractivity contribution is 5.76. The smallest absolute Gasteiger partial charge is 0.346 e. The van der Waals surface area contributed by atoms with Gasteiger partial charge in [0.25, 0.3) is 0 Å². The van der Waals surface area contributed by atoms with Crippen LogP contribution in [0.4, 0.5) is 4.39 Å². The van der Waals surface area contributed by atoms with Crippen LogP contribution in [0, 0.1) is 5.82 Å². The van der Waals surface area contributed by atoms with E-state index in [9.17, 15) is 9.18 Å². The number of fused-ring (bicyclic) bond motifs is 1. The minimum absolute atomic E-state index is 0.160. The van der Waals surface area contributed by atoms with E-state index < -0.39 is 11.4 Å². The summed E-state index contributed by atoms with van der Waals surface area (Å²) < 4.78 is 24.3. The van der Waals surface area contributed by atoms with Crippen molar-refractivity contribution >= 4 is 10.9 Å². The number of halogens is 1. The van der Waals surface area contributed by atoms with Gasteiger partial charge in [-0.05, 0) is 48.6 Å². The van der Waals surface area contributed by atoms with E-state index in [1.807, 2.05) is 18.2 Å². The first kappa shape index (κ1) is 18.1. The molecule has 4 nitrogen and oxygen atoms in total. The third kappa shape index (κ3) is 4.10. The van der Waals surface area contributed by atoms with Crippen LogP contribution in [0.25, 0.3) is 10.9 Å². The van der Waals surface area contributed by atoms with Crippen molar-refractivity contribution in [2.24, 2.45) is 0 Å². The number of aryl methyl sites for hydroxylation is 1. The van der Waals surface area contributed by atoms with Gasteiger partial charge in [0, 0.05) is 6.42 Å². The van der Waals surface area contributed by atoms with Crippen molar-refractivity contribution < 1.29 is 13.5 Å². The molecule has 136 valence electrons. The summed E-state index contributed by atoms with van der Waals surface area (Å²) in [6, 6.07) is 12.0. The van der Waals surface area contributed by atoms with Crippen LogP contribution in [-0.2, 0) is 6.42 Å². The van der Waals surface area contributed by atoms with Crippen molar-refractivity contribution in [3.05, 3.63) is 70.2 Å². The molecular weight excluding hydrogens is 333 g/mol. The summed E-state index contributed by atoms with van der Waals surface area (Å²) in [6.45, 7) is 4.83. The van der Waals surface area contributed by atoms with Gasteiger partial charge in [0.15, 0.2) is 5.89 Å². The zero-order chi connectivity index (χ0) is 18.5. The topological polar surface area (TPSA) is 52.3 Å². The maximum absolute atomic E-state index is 13.2. The highest BCUT2D eigenvalue weighted by atomic mass is 19.1. The maximum Gasteiger partial charge on any atom is 0.346 e. The number of hydrogen-bond donors (Lipinski definition) is 0. The molecule has 0 aliphatic heterocycles. The van der Waals surface area contributed by atoms with Crippen molar-refractivity contribution in [1.82, 2.24) is 4.98 Å². The molecule has 0 spiro atoms. The van der Waals surface area contributed by atoms with Crippen molar-refractivity contribution in [3.63, 3.8) is 0 Å². The fraction of sp³-hybridized carbons (Fsp3) is 0.333. The van der Waals surface area contributed by atoms with Crippen molar-refractivity contribution in [1.29, 1.82) is 0 Å². The second-order valence-electron chi connectivity index (χ2n) is 6.36. The van der Waals surface area contributed by atoms with Gasteiger partial charge < -0.3 is 9.15 Å². The predicted octanol–water partition coefficient (Wildman–Crippen LogP) is 4.85. The van der Waals surface area contributed by atoms with Gasteiger partial charge in [-0.25, -0.2) is 14.2 Å². The van der Waals surface area contributed by atoms with E-state index in [1.54, 1.807) is 0 Å². The normalized spacial score (nSPS) is 12.3. The number of para-hydroxylation sites is 1. The number of benzene rings is 2. The first-order valence-electron chi connectivity index (χ1n) is 8.89. The molecule has 3 aromatic rings. The minimum atomic E-state index is -0.562. The van der Waals surface area contributed by atoms with Crippen LogP contribution < -0.4 is 10.4 Å². The average Bonchev–Trinajstić information content (AvgIpc) is 2.65. The Balaban J connectivity index is 1.63. The van der Waals surface area contributed by atoms with Crippen molar-refractivity contribution in [2.75, 3.05) is 6.61 Å². The van der Waals surface area contributed by atoms with Gasteiger partial charge in [-0.3, -0.25) is 0 Å². The first-order chi connectivity index (χ1) is 12.6. The fourth-order valence-corrected chi connectivity index (χ4v) is 2.84. The SMILES string of the molecule is CCC(C)c1ccccc1OCCCc1nc2ccc(F)cc2c(=O)o1. The number of hydrogen-bond acceptors (Lipinski definition) is 4. The molecule has 0 saturated carbocycles. The summed E-state index contributed by atoms with van der Waals surface area (Å²) in [5.74, 6) is 1.19. The monoisotopic (exact) mass is 355 g/mol. The Bertz CT molecular complexity index is 951. The molecule has 0 bridgehead atoms. The Hall–Kier alpha value is -2.69. The van der Waals surface area contributed by atoms with Crippen LogP contribution in [0.3, 0.4) is 0 Å². The molecule has 0 fully saturated rings. The number of rotatable bonds is 7.